The second-order valence-corrected chi connectivity index (χ2v) is 6.26. The van der Waals surface area contributed by atoms with Gasteiger partial charge in [-0.25, -0.2) is 4.79 Å². The predicted octanol–water partition coefficient (Wildman–Crippen LogP) is 2.14. The molecule has 2 fully saturated rings. The van der Waals surface area contributed by atoms with Gasteiger partial charge in [0.25, 0.3) is 0 Å². The Morgan fingerprint density at radius 1 is 1.29 bits per heavy atom. The van der Waals surface area contributed by atoms with E-state index in [9.17, 15) is 4.79 Å². The van der Waals surface area contributed by atoms with Gasteiger partial charge in [0.05, 0.1) is 12.7 Å². The first-order valence-electron chi connectivity index (χ1n) is 7.82. The van der Waals surface area contributed by atoms with Crippen LogP contribution in [-0.4, -0.2) is 54.6 Å². The van der Waals surface area contributed by atoms with E-state index in [1.165, 1.54) is 45.1 Å². The van der Waals surface area contributed by atoms with Crippen LogP contribution >= 0.6 is 0 Å². The van der Waals surface area contributed by atoms with E-state index in [1.807, 2.05) is 24.3 Å². The van der Waals surface area contributed by atoms with Gasteiger partial charge in [0.2, 0.25) is 0 Å². The minimum absolute atomic E-state index is 0.269. The molecular weight excluding hydrogens is 264 g/mol. The topological polar surface area (TPSA) is 32.8 Å². The molecule has 3 rings (SSSR count). The molecule has 114 valence electrons. The van der Waals surface area contributed by atoms with Gasteiger partial charge < -0.3 is 4.74 Å². The van der Waals surface area contributed by atoms with Crippen molar-refractivity contribution in [3.8, 4) is 0 Å². The van der Waals surface area contributed by atoms with E-state index >= 15 is 0 Å². The summed E-state index contributed by atoms with van der Waals surface area (Å²) < 4.78 is 4.74. The van der Waals surface area contributed by atoms with Crippen LogP contribution in [0.5, 0.6) is 0 Å². The Labute approximate surface area is 126 Å². The molecule has 21 heavy (non-hydrogen) atoms. The maximum Gasteiger partial charge on any atom is 0.337 e. The van der Waals surface area contributed by atoms with Crippen molar-refractivity contribution in [2.24, 2.45) is 0 Å². The zero-order valence-corrected chi connectivity index (χ0v) is 12.9. The van der Waals surface area contributed by atoms with Crippen LogP contribution in [0.1, 0.15) is 35.7 Å². The van der Waals surface area contributed by atoms with Crippen molar-refractivity contribution in [1.82, 2.24) is 9.80 Å². The Balaban J connectivity index is 1.64. The van der Waals surface area contributed by atoms with Gasteiger partial charge in [0, 0.05) is 31.7 Å². The fourth-order valence-electron chi connectivity index (χ4n) is 3.57. The number of nitrogens with zero attached hydrogens (tertiary/aromatic N) is 2. The Morgan fingerprint density at radius 3 is 2.76 bits per heavy atom. The van der Waals surface area contributed by atoms with Gasteiger partial charge in [-0.05, 0) is 44.0 Å². The van der Waals surface area contributed by atoms with Crippen molar-refractivity contribution in [1.29, 1.82) is 0 Å². The fraction of sp³-hybridized carbons (Fsp3) is 0.588. The third kappa shape index (κ3) is 3.11. The Kier molecular flexibility index (Phi) is 4.27. The summed E-state index contributed by atoms with van der Waals surface area (Å²) in [5.41, 5.74) is 1.89. The lowest BCUT2D eigenvalue weighted by molar-refractivity contribution is 0.0540. The summed E-state index contributed by atoms with van der Waals surface area (Å²) in [6, 6.07) is 9.14. The largest absolute Gasteiger partial charge is 0.465 e. The average Bonchev–Trinajstić information content (AvgIpc) is 2.94. The monoisotopic (exact) mass is 288 g/mol. The van der Waals surface area contributed by atoms with Gasteiger partial charge in [0.1, 0.15) is 0 Å². The minimum atomic E-state index is -0.269. The molecule has 4 heteroatoms. The molecule has 0 bridgehead atoms. The fourth-order valence-corrected chi connectivity index (χ4v) is 3.57. The van der Waals surface area contributed by atoms with E-state index in [0.29, 0.717) is 11.6 Å². The van der Waals surface area contributed by atoms with Crippen molar-refractivity contribution in [3.63, 3.8) is 0 Å². The Bertz CT molecular complexity index is 500. The molecule has 0 N–H and O–H groups in total. The quantitative estimate of drug-likeness (QED) is 0.798. The summed E-state index contributed by atoms with van der Waals surface area (Å²) >= 11 is 0. The normalized spacial score (nSPS) is 26.6. The van der Waals surface area contributed by atoms with Crippen LogP contribution in [0, 0.1) is 0 Å². The predicted molar refractivity (Wildman–Crippen MR) is 82.2 cm³/mol. The molecule has 1 aromatic rings. The molecule has 0 saturated carbocycles. The molecule has 2 atom stereocenters. The molecule has 2 aliphatic rings. The number of hydrogen-bond acceptors (Lipinski definition) is 4. The standard InChI is InChI=1S/C17H24N2O2/c1-13-10-18-9-3-4-16(18)12-19(13)11-14-5-7-15(8-6-14)17(20)21-2/h5-8,13,16H,3-4,9-12H2,1-2H3/t13-,16?/m0/s1. The number of ether oxygens (including phenoxy) is 1. The van der Waals surface area contributed by atoms with E-state index in [4.69, 9.17) is 4.74 Å². The maximum atomic E-state index is 11.5. The highest BCUT2D eigenvalue weighted by atomic mass is 16.5. The molecule has 2 heterocycles. The number of carbonyl (C=O) groups excluding carboxylic acids is 1. The number of piperazine rings is 1. The van der Waals surface area contributed by atoms with Crippen LogP contribution in [0.2, 0.25) is 0 Å². The molecule has 0 aliphatic carbocycles. The number of hydrogen-bond donors (Lipinski definition) is 0. The molecule has 1 aromatic carbocycles. The van der Waals surface area contributed by atoms with Crippen molar-refractivity contribution in [3.05, 3.63) is 35.4 Å². The Morgan fingerprint density at radius 2 is 2.05 bits per heavy atom. The summed E-state index contributed by atoms with van der Waals surface area (Å²) in [4.78, 5) is 16.7. The summed E-state index contributed by atoms with van der Waals surface area (Å²) in [5.74, 6) is -0.269. The lowest BCUT2D eigenvalue weighted by Gasteiger charge is -2.42. The second kappa shape index (κ2) is 6.16. The Hall–Kier alpha value is -1.39. The number of fused-ring (bicyclic) bond motifs is 1. The van der Waals surface area contributed by atoms with Crippen LogP contribution in [0.4, 0.5) is 0 Å². The number of benzene rings is 1. The molecule has 2 saturated heterocycles. The second-order valence-electron chi connectivity index (χ2n) is 6.26. The summed E-state index contributed by atoms with van der Waals surface area (Å²) in [6.07, 6.45) is 2.68. The van der Waals surface area contributed by atoms with Crippen molar-refractivity contribution in [2.75, 3.05) is 26.7 Å². The van der Waals surface area contributed by atoms with E-state index in [1.54, 1.807) is 0 Å². The van der Waals surface area contributed by atoms with Crippen molar-refractivity contribution in [2.45, 2.75) is 38.4 Å². The van der Waals surface area contributed by atoms with E-state index in [-0.39, 0.29) is 5.97 Å². The summed E-state index contributed by atoms with van der Waals surface area (Å²) in [7, 11) is 1.42. The molecule has 1 unspecified atom stereocenters. The zero-order chi connectivity index (χ0) is 14.8. The summed E-state index contributed by atoms with van der Waals surface area (Å²) in [6.45, 7) is 6.91. The third-order valence-corrected chi connectivity index (χ3v) is 4.83. The van der Waals surface area contributed by atoms with E-state index < -0.39 is 0 Å². The highest BCUT2D eigenvalue weighted by Crippen LogP contribution is 2.25. The smallest absolute Gasteiger partial charge is 0.337 e. The van der Waals surface area contributed by atoms with Gasteiger partial charge in [-0.2, -0.15) is 0 Å². The third-order valence-electron chi connectivity index (χ3n) is 4.83. The first kappa shape index (κ1) is 14.5. The van der Waals surface area contributed by atoms with Crippen LogP contribution in [-0.2, 0) is 11.3 Å². The summed E-state index contributed by atoms with van der Waals surface area (Å²) in [5, 5.41) is 0. The maximum absolute atomic E-state index is 11.5. The van der Waals surface area contributed by atoms with Gasteiger partial charge in [-0.1, -0.05) is 12.1 Å². The molecular formula is C17H24N2O2. The molecule has 0 spiro atoms. The molecule has 4 nitrogen and oxygen atoms in total. The number of rotatable bonds is 3. The molecule has 0 radical (unpaired) electrons. The van der Waals surface area contributed by atoms with Crippen LogP contribution in [0.25, 0.3) is 0 Å². The van der Waals surface area contributed by atoms with Crippen molar-refractivity contribution < 1.29 is 9.53 Å². The first-order valence-corrected chi connectivity index (χ1v) is 7.82. The number of esters is 1. The van der Waals surface area contributed by atoms with Gasteiger partial charge >= 0.3 is 5.97 Å². The van der Waals surface area contributed by atoms with Crippen LogP contribution in [0.15, 0.2) is 24.3 Å². The first-order chi connectivity index (χ1) is 10.2. The lowest BCUT2D eigenvalue weighted by Crippen LogP contribution is -2.54. The average molecular weight is 288 g/mol. The molecule has 0 aromatic heterocycles. The van der Waals surface area contributed by atoms with Gasteiger partial charge in [-0.3, -0.25) is 9.80 Å². The van der Waals surface area contributed by atoms with Gasteiger partial charge in [-0.15, -0.1) is 0 Å². The lowest BCUT2D eigenvalue weighted by atomic mass is 10.1. The van der Waals surface area contributed by atoms with Crippen LogP contribution < -0.4 is 0 Å². The van der Waals surface area contributed by atoms with E-state index in [2.05, 4.69) is 16.7 Å². The number of carbonyl (C=O) groups is 1. The van der Waals surface area contributed by atoms with E-state index in [0.717, 1.165) is 12.6 Å². The van der Waals surface area contributed by atoms with Crippen molar-refractivity contribution >= 4 is 5.97 Å². The zero-order valence-electron chi connectivity index (χ0n) is 12.9. The molecule has 0 amide bonds. The highest BCUT2D eigenvalue weighted by Gasteiger charge is 2.34. The SMILES string of the molecule is COC(=O)c1ccc(CN2CC3CCCN3C[C@@H]2C)cc1. The van der Waals surface area contributed by atoms with Gasteiger partial charge in [0.15, 0.2) is 0 Å². The molecule has 2 aliphatic heterocycles. The highest BCUT2D eigenvalue weighted by molar-refractivity contribution is 5.89. The van der Waals surface area contributed by atoms with Crippen LogP contribution in [0.3, 0.4) is 0 Å². The minimum Gasteiger partial charge on any atom is -0.465 e. The number of methoxy groups -OCH3 is 1.